The minimum Gasteiger partial charge on any atom is -0.484 e. The van der Waals surface area contributed by atoms with Crippen molar-refractivity contribution < 1.29 is 23.5 Å². The number of hydrogen-bond donors (Lipinski definition) is 2. The predicted molar refractivity (Wildman–Crippen MR) is 91.5 cm³/mol. The van der Waals surface area contributed by atoms with E-state index in [2.05, 4.69) is 10.6 Å². The van der Waals surface area contributed by atoms with Crippen molar-refractivity contribution in [2.45, 2.75) is 49.3 Å². The minimum absolute atomic E-state index is 0.00557. The molecule has 1 heterocycles. The summed E-state index contributed by atoms with van der Waals surface area (Å²) in [4.78, 5) is 24.2. The molecule has 5 rings (SSSR count). The van der Waals surface area contributed by atoms with Gasteiger partial charge in [0.2, 0.25) is 5.91 Å². The van der Waals surface area contributed by atoms with E-state index in [0.717, 1.165) is 38.2 Å². The average molecular weight is 383 g/mol. The van der Waals surface area contributed by atoms with Crippen molar-refractivity contribution in [3.63, 3.8) is 0 Å². The molecule has 4 fully saturated rings. The van der Waals surface area contributed by atoms with Gasteiger partial charge in [0.25, 0.3) is 5.91 Å². The summed E-state index contributed by atoms with van der Waals surface area (Å²) in [6.07, 6.45) is 3.52. The van der Waals surface area contributed by atoms with E-state index in [1.165, 1.54) is 12.1 Å². The lowest BCUT2D eigenvalue weighted by Crippen LogP contribution is -2.84. The molecular formula is C18H20ClFN2O4. The number of benzene rings is 1. The first kappa shape index (κ1) is 17.5. The van der Waals surface area contributed by atoms with Crippen LogP contribution in [0.5, 0.6) is 5.75 Å². The Hall–Kier alpha value is -1.86. The second kappa shape index (κ2) is 6.39. The number of nitrogens with one attached hydrogen (secondary N) is 2. The van der Waals surface area contributed by atoms with Crippen molar-refractivity contribution in [1.29, 1.82) is 0 Å². The maximum atomic E-state index is 13.3. The Kier molecular flexibility index (Phi) is 4.31. The van der Waals surface area contributed by atoms with Gasteiger partial charge in [-0.1, -0.05) is 11.6 Å². The van der Waals surface area contributed by atoms with Crippen molar-refractivity contribution in [3.8, 4) is 5.75 Å². The topological polar surface area (TPSA) is 76.7 Å². The van der Waals surface area contributed by atoms with E-state index in [0.29, 0.717) is 6.61 Å². The molecule has 0 radical (unpaired) electrons. The van der Waals surface area contributed by atoms with Gasteiger partial charge in [0, 0.05) is 23.8 Å². The van der Waals surface area contributed by atoms with Crippen LogP contribution in [0.4, 0.5) is 4.39 Å². The molecule has 140 valence electrons. The number of hydrogen-bond acceptors (Lipinski definition) is 4. The Morgan fingerprint density at radius 3 is 2.65 bits per heavy atom. The van der Waals surface area contributed by atoms with Gasteiger partial charge in [-0.15, -0.1) is 0 Å². The van der Waals surface area contributed by atoms with Crippen LogP contribution in [0.3, 0.4) is 0 Å². The van der Waals surface area contributed by atoms with Crippen LogP contribution in [0, 0.1) is 5.82 Å². The summed E-state index contributed by atoms with van der Waals surface area (Å²) in [5.74, 6) is -0.651. The van der Waals surface area contributed by atoms with Gasteiger partial charge in [-0.3, -0.25) is 9.59 Å². The van der Waals surface area contributed by atoms with Crippen molar-refractivity contribution in [2.24, 2.45) is 0 Å². The lowest BCUT2D eigenvalue weighted by atomic mass is 9.44. The Bertz CT molecular complexity index is 731. The van der Waals surface area contributed by atoms with Crippen LogP contribution in [0.2, 0.25) is 5.02 Å². The zero-order chi connectivity index (χ0) is 18.4. The average Bonchev–Trinajstić information content (AvgIpc) is 3.07. The number of ether oxygens (including phenoxy) is 2. The smallest absolute Gasteiger partial charge is 0.258 e. The van der Waals surface area contributed by atoms with Crippen molar-refractivity contribution in [1.82, 2.24) is 10.6 Å². The van der Waals surface area contributed by atoms with E-state index in [9.17, 15) is 14.0 Å². The van der Waals surface area contributed by atoms with Gasteiger partial charge in [0.05, 0.1) is 5.02 Å². The third-order valence-corrected chi connectivity index (χ3v) is 5.61. The molecule has 2 bridgehead atoms. The normalized spacial score (nSPS) is 31.5. The molecule has 0 spiro atoms. The highest BCUT2D eigenvalue weighted by molar-refractivity contribution is 6.30. The standard InChI is InChI=1S/C18H20ClFN2O4/c19-12-4-3-11(6-13(12)20)26-7-15(23)21-17-8-18(9-17,10-17)22-16(24)14-2-1-5-25-14/h3-4,6,14H,1-2,5,7-10H2,(H,21,23)(H,22,24). The summed E-state index contributed by atoms with van der Waals surface area (Å²) in [6.45, 7) is 0.445. The highest BCUT2D eigenvalue weighted by Crippen LogP contribution is 2.60. The molecule has 0 aromatic heterocycles. The molecule has 2 amide bonds. The SMILES string of the molecule is O=C(COc1ccc(Cl)c(F)c1)NC12CC(NC(=O)C3CCCO3)(C1)C2. The predicted octanol–water partition coefficient (Wildman–Crippen LogP) is 1.94. The zero-order valence-electron chi connectivity index (χ0n) is 14.1. The quantitative estimate of drug-likeness (QED) is 0.788. The second-order valence-electron chi connectivity index (χ2n) is 7.49. The first-order valence-corrected chi connectivity index (χ1v) is 9.09. The van der Waals surface area contributed by atoms with E-state index in [4.69, 9.17) is 21.1 Å². The summed E-state index contributed by atoms with van der Waals surface area (Å²) in [5.41, 5.74) is -0.452. The van der Waals surface area contributed by atoms with E-state index >= 15 is 0 Å². The second-order valence-corrected chi connectivity index (χ2v) is 7.90. The summed E-state index contributed by atoms with van der Waals surface area (Å²) < 4.78 is 24.0. The molecule has 1 atom stereocenters. The van der Waals surface area contributed by atoms with Crippen LogP contribution >= 0.6 is 11.6 Å². The number of carbonyl (C=O) groups is 2. The molecule has 1 saturated heterocycles. The fourth-order valence-electron chi connectivity index (χ4n) is 4.23. The maximum absolute atomic E-state index is 13.3. The summed E-state index contributed by atoms with van der Waals surface area (Å²) >= 11 is 5.61. The number of rotatable bonds is 6. The molecule has 1 aliphatic heterocycles. The highest BCUT2D eigenvalue weighted by atomic mass is 35.5. The highest BCUT2D eigenvalue weighted by Gasteiger charge is 2.69. The van der Waals surface area contributed by atoms with Crippen LogP contribution in [0.25, 0.3) is 0 Å². The van der Waals surface area contributed by atoms with Gasteiger partial charge in [-0.2, -0.15) is 0 Å². The third-order valence-electron chi connectivity index (χ3n) is 5.31. The van der Waals surface area contributed by atoms with Gasteiger partial charge >= 0.3 is 0 Å². The Morgan fingerprint density at radius 2 is 2.00 bits per heavy atom. The fraction of sp³-hybridized carbons (Fsp3) is 0.556. The first-order chi connectivity index (χ1) is 12.4. The van der Waals surface area contributed by atoms with Crippen molar-refractivity contribution in [3.05, 3.63) is 29.0 Å². The van der Waals surface area contributed by atoms with E-state index in [1.54, 1.807) is 0 Å². The molecular weight excluding hydrogens is 363 g/mol. The van der Waals surface area contributed by atoms with Crippen LogP contribution < -0.4 is 15.4 Å². The molecule has 4 aliphatic rings. The monoisotopic (exact) mass is 382 g/mol. The molecule has 1 aromatic rings. The molecule has 6 nitrogen and oxygen atoms in total. The van der Waals surface area contributed by atoms with Gasteiger partial charge in [0.15, 0.2) is 6.61 Å². The molecule has 2 N–H and O–H groups in total. The number of carbonyl (C=O) groups excluding carboxylic acids is 2. The lowest BCUT2D eigenvalue weighted by Gasteiger charge is -2.70. The molecule has 3 aliphatic carbocycles. The molecule has 1 aromatic carbocycles. The Balaban J connectivity index is 1.21. The van der Waals surface area contributed by atoms with Crippen LogP contribution in [0.15, 0.2) is 18.2 Å². The zero-order valence-corrected chi connectivity index (χ0v) is 14.9. The summed E-state index contributed by atoms with van der Waals surface area (Å²) in [6, 6.07) is 4.04. The molecule has 1 unspecified atom stereocenters. The summed E-state index contributed by atoms with van der Waals surface area (Å²) in [5, 5.41) is 6.03. The van der Waals surface area contributed by atoms with Gasteiger partial charge in [-0.25, -0.2) is 4.39 Å². The first-order valence-electron chi connectivity index (χ1n) is 8.71. The van der Waals surface area contributed by atoms with Crippen LogP contribution in [-0.2, 0) is 14.3 Å². The fourth-order valence-corrected chi connectivity index (χ4v) is 4.34. The van der Waals surface area contributed by atoms with Crippen LogP contribution in [-0.4, -0.2) is 42.2 Å². The van der Waals surface area contributed by atoms with Crippen molar-refractivity contribution >= 4 is 23.4 Å². The van der Waals surface area contributed by atoms with Gasteiger partial charge in [0.1, 0.15) is 17.7 Å². The molecule has 8 heteroatoms. The molecule has 26 heavy (non-hydrogen) atoms. The van der Waals surface area contributed by atoms with E-state index < -0.39 is 5.82 Å². The van der Waals surface area contributed by atoms with Gasteiger partial charge in [-0.05, 0) is 44.2 Å². The third kappa shape index (κ3) is 3.25. The largest absolute Gasteiger partial charge is 0.484 e. The maximum Gasteiger partial charge on any atom is 0.258 e. The number of halogens is 2. The van der Waals surface area contributed by atoms with Crippen LogP contribution in [0.1, 0.15) is 32.1 Å². The van der Waals surface area contributed by atoms with E-state index in [-0.39, 0.29) is 46.4 Å². The Morgan fingerprint density at radius 1 is 1.27 bits per heavy atom. The number of amides is 2. The van der Waals surface area contributed by atoms with Crippen molar-refractivity contribution in [2.75, 3.05) is 13.2 Å². The minimum atomic E-state index is -0.590. The van der Waals surface area contributed by atoms with E-state index in [1.807, 2.05) is 0 Å². The molecule has 3 saturated carbocycles. The lowest BCUT2D eigenvalue weighted by molar-refractivity contribution is -0.155. The van der Waals surface area contributed by atoms with Gasteiger partial charge < -0.3 is 20.1 Å². The Labute approximate surface area is 155 Å². The summed E-state index contributed by atoms with van der Waals surface area (Å²) in [7, 11) is 0.